The molecule has 0 amide bonds. The summed E-state index contributed by atoms with van der Waals surface area (Å²) in [7, 11) is 2.05. The highest BCUT2D eigenvalue weighted by Gasteiger charge is 2.20. The number of halogens is 2. The largest absolute Gasteiger partial charge is 0.381 e. The molecule has 0 saturated carbocycles. The molecule has 1 aliphatic heterocycles. The number of nitrogens with zero attached hydrogens (tertiary/aromatic N) is 2. The van der Waals surface area contributed by atoms with Gasteiger partial charge in [0, 0.05) is 19.2 Å². The molecule has 1 aromatic rings. The van der Waals surface area contributed by atoms with Crippen LogP contribution in [0.3, 0.4) is 0 Å². The van der Waals surface area contributed by atoms with Crippen molar-refractivity contribution in [1.29, 1.82) is 0 Å². The molecule has 0 bridgehead atoms. The van der Waals surface area contributed by atoms with E-state index in [-0.39, 0.29) is 11.6 Å². The molecular weight excluding hydrogens is 226 g/mol. The van der Waals surface area contributed by atoms with E-state index in [2.05, 4.69) is 22.2 Å². The van der Waals surface area contributed by atoms with E-state index < -0.39 is 11.6 Å². The van der Waals surface area contributed by atoms with Gasteiger partial charge >= 0.3 is 0 Å². The fourth-order valence-electron chi connectivity index (χ4n) is 2.04. The maximum absolute atomic E-state index is 13.4. The molecule has 1 fully saturated rings. The topological polar surface area (TPSA) is 54.2 Å². The lowest BCUT2D eigenvalue weighted by molar-refractivity contribution is 0.399. The van der Waals surface area contributed by atoms with E-state index in [1.54, 1.807) is 0 Å². The van der Waals surface area contributed by atoms with Gasteiger partial charge in [0.1, 0.15) is 0 Å². The highest BCUT2D eigenvalue weighted by molar-refractivity contribution is 5.44. The molecule has 6 heteroatoms. The second kappa shape index (κ2) is 4.83. The molecule has 1 saturated heterocycles. The van der Waals surface area contributed by atoms with E-state index >= 15 is 0 Å². The average Bonchev–Trinajstić information content (AvgIpc) is 2.68. The summed E-state index contributed by atoms with van der Waals surface area (Å²) in [6, 6.07) is 0.755. The number of rotatable bonds is 3. The SMILES string of the molecule is CN1CCC(CNc2nc(N)c(F)cc2F)C1. The van der Waals surface area contributed by atoms with Crippen LogP contribution in [0.5, 0.6) is 0 Å². The number of hydrogen-bond donors (Lipinski definition) is 2. The van der Waals surface area contributed by atoms with Crippen molar-refractivity contribution >= 4 is 11.6 Å². The second-order valence-electron chi connectivity index (χ2n) is 4.48. The Labute approximate surface area is 98.8 Å². The standard InChI is InChI=1S/C11H16F2N4/c1-17-3-2-7(6-17)5-15-11-9(13)4-8(12)10(14)16-11/h4,7H,2-3,5-6H2,1H3,(H3,14,15,16). The highest BCUT2D eigenvalue weighted by atomic mass is 19.1. The Balaban J connectivity index is 1.97. The molecule has 17 heavy (non-hydrogen) atoms. The van der Waals surface area contributed by atoms with Gasteiger partial charge in [-0.05, 0) is 25.9 Å². The van der Waals surface area contributed by atoms with Crippen LogP contribution in [0.1, 0.15) is 6.42 Å². The fourth-order valence-corrected chi connectivity index (χ4v) is 2.04. The molecule has 2 rings (SSSR count). The van der Waals surface area contributed by atoms with Crippen LogP contribution in [-0.4, -0.2) is 36.6 Å². The molecule has 94 valence electrons. The van der Waals surface area contributed by atoms with Gasteiger partial charge in [0.15, 0.2) is 23.3 Å². The summed E-state index contributed by atoms with van der Waals surface area (Å²) in [6.45, 7) is 2.65. The van der Waals surface area contributed by atoms with Crippen LogP contribution in [0.15, 0.2) is 6.07 Å². The Morgan fingerprint density at radius 2 is 2.29 bits per heavy atom. The molecule has 4 nitrogen and oxygen atoms in total. The zero-order valence-corrected chi connectivity index (χ0v) is 9.71. The number of likely N-dealkylation sites (tertiary alicyclic amines) is 1. The molecule has 0 aromatic carbocycles. The summed E-state index contributed by atoms with van der Waals surface area (Å²) in [5.41, 5.74) is 5.29. The van der Waals surface area contributed by atoms with Crippen molar-refractivity contribution in [3.63, 3.8) is 0 Å². The van der Waals surface area contributed by atoms with Gasteiger partial charge in [0.2, 0.25) is 0 Å². The maximum Gasteiger partial charge on any atom is 0.168 e. The summed E-state index contributed by atoms with van der Waals surface area (Å²) < 4.78 is 26.2. The zero-order valence-electron chi connectivity index (χ0n) is 9.71. The van der Waals surface area contributed by atoms with Gasteiger partial charge in [-0.1, -0.05) is 0 Å². The van der Waals surface area contributed by atoms with Crippen LogP contribution in [0.4, 0.5) is 20.4 Å². The van der Waals surface area contributed by atoms with Crippen LogP contribution in [0.25, 0.3) is 0 Å². The van der Waals surface area contributed by atoms with E-state index in [1.807, 2.05) is 0 Å². The van der Waals surface area contributed by atoms with Gasteiger partial charge in [-0.3, -0.25) is 0 Å². The van der Waals surface area contributed by atoms with Crippen LogP contribution < -0.4 is 11.1 Å². The first-order valence-corrected chi connectivity index (χ1v) is 5.60. The Morgan fingerprint density at radius 3 is 2.94 bits per heavy atom. The summed E-state index contributed by atoms with van der Waals surface area (Å²) in [5, 5.41) is 2.88. The van der Waals surface area contributed by atoms with Gasteiger partial charge in [0.05, 0.1) is 0 Å². The van der Waals surface area contributed by atoms with E-state index in [0.717, 1.165) is 25.6 Å². The van der Waals surface area contributed by atoms with Crippen molar-refractivity contribution in [2.45, 2.75) is 6.42 Å². The smallest absolute Gasteiger partial charge is 0.168 e. The van der Waals surface area contributed by atoms with Gasteiger partial charge in [-0.2, -0.15) is 0 Å². The van der Waals surface area contributed by atoms with Gasteiger partial charge in [0.25, 0.3) is 0 Å². The molecule has 0 radical (unpaired) electrons. The normalized spacial score (nSPS) is 20.8. The summed E-state index contributed by atoms with van der Waals surface area (Å²) in [6.07, 6.45) is 1.07. The lowest BCUT2D eigenvalue weighted by atomic mass is 10.1. The Morgan fingerprint density at radius 1 is 1.53 bits per heavy atom. The number of nitrogens with one attached hydrogen (secondary N) is 1. The van der Waals surface area contributed by atoms with Crippen LogP contribution in [-0.2, 0) is 0 Å². The lowest BCUT2D eigenvalue weighted by Gasteiger charge is -2.13. The molecule has 0 aliphatic carbocycles. The highest BCUT2D eigenvalue weighted by Crippen LogP contribution is 2.19. The summed E-state index contributed by atoms with van der Waals surface area (Å²) >= 11 is 0. The van der Waals surface area contributed by atoms with E-state index in [9.17, 15) is 8.78 Å². The minimum absolute atomic E-state index is 0.0263. The number of pyridine rings is 1. The third kappa shape index (κ3) is 2.82. The zero-order chi connectivity index (χ0) is 12.4. The van der Waals surface area contributed by atoms with Gasteiger partial charge in [-0.25, -0.2) is 13.8 Å². The first kappa shape index (κ1) is 12.0. The molecule has 0 spiro atoms. The van der Waals surface area contributed by atoms with Crippen molar-refractivity contribution in [2.75, 3.05) is 37.7 Å². The Hall–Kier alpha value is -1.43. The van der Waals surface area contributed by atoms with Crippen molar-refractivity contribution < 1.29 is 8.78 Å². The van der Waals surface area contributed by atoms with Crippen LogP contribution in [0.2, 0.25) is 0 Å². The predicted molar refractivity (Wildman–Crippen MR) is 62.7 cm³/mol. The van der Waals surface area contributed by atoms with E-state index in [4.69, 9.17) is 5.73 Å². The lowest BCUT2D eigenvalue weighted by Crippen LogP contribution is -2.20. The number of nitrogen functional groups attached to an aromatic ring is 1. The molecular formula is C11H16F2N4. The molecule has 3 N–H and O–H groups in total. The monoisotopic (exact) mass is 242 g/mol. The molecule has 1 aromatic heterocycles. The fraction of sp³-hybridized carbons (Fsp3) is 0.545. The minimum atomic E-state index is -0.825. The van der Waals surface area contributed by atoms with Crippen molar-refractivity contribution in [1.82, 2.24) is 9.88 Å². The number of aromatic nitrogens is 1. The summed E-state index contributed by atoms with van der Waals surface area (Å²) in [4.78, 5) is 5.87. The van der Waals surface area contributed by atoms with E-state index in [0.29, 0.717) is 12.5 Å². The number of nitrogens with two attached hydrogens (primary N) is 1. The third-order valence-electron chi connectivity index (χ3n) is 3.00. The molecule has 1 aliphatic rings. The van der Waals surface area contributed by atoms with Crippen LogP contribution in [0, 0.1) is 17.6 Å². The number of hydrogen-bond acceptors (Lipinski definition) is 4. The first-order chi connectivity index (χ1) is 8.06. The predicted octanol–water partition coefficient (Wildman–Crippen LogP) is 1.31. The molecule has 2 heterocycles. The average molecular weight is 242 g/mol. The van der Waals surface area contributed by atoms with Gasteiger partial charge < -0.3 is 16.0 Å². The Bertz CT molecular complexity index is 411. The number of anilines is 2. The van der Waals surface area contributed by atoms with Crippen molar-refractivity contribution in [3.05, 3.63) is 17.7 Å². The van der Waals surface area contributed by atoms with Crippen molar-refractivity contribution in [2.24, 2.45) is 5.92 Å². The first-order valence-electron chi connectivity index (χ1n) is 5.60. The molecule has 1 unspecified atom stereocenters. The third-order valence-corrected chi connectivity index (χ3v) is 3.00. The van der Waals surface area contributed by atoms with Crippen LogP contribution >= 0.6 is 0 Å². The quantitative estimate of drug-likeness (QED) is 0.839. The van der Waals surface area contributed by atoms with Gasteiger partial charge in [-0.15, -0.1) is 0 Å². The second-order valence-corrected chi connectivity index (χ2v) is 4.48. The van der Waals surface area contributed by atoms with E-state index in [1.165, 1.54) is 0 Å². The maximum atomic E-state index is 13.4. The summed E-state index contributed by atoms with van der Waals surface area (Å²) in [5.74, 6) is -1.32. The molecule has 1 atom stereocenters. The Kier molecular flexibility index (Phi) is 3.42. The van der Waals surface area contributed by atoms with Crippen molar-refractivity contribution in [3.8, 4) is 0 Å². The minimum Gasteiger partial charge on any atom is -0.381 e.